The first-order chi connectivity index (χ1) is 17.7. The Bertz CT molecular complexity index is 1230. The Morgan fingerprint density at radius 2 is 1.68 bits per heavy atom. The van der Waals surface area contributed by atoms with Crippen molar-refractivity contribution in [2.24, 2.45) is 52.3 Å². The Balaban J connectivity index is 1.20. The number of amides is 2. The van der Waals surface area contributed by atoms with E-state index in [1.807, 2.05) is 36.4 Å². The summed E-state index contributed by atoms with van der Waals surface area (Å²) in [6.07, 6.45) is 8.81. The fourth-order valence-electron chi connectivity index (χ4n) is 10.4. The molecule has 1 saturated heterocycles. The van der Waals surface area contributed by atoms with E-state index in [0.717, 1.165) is 44.1 Å². The number of rotatable bonds is 2. The van der Waals surface area contributed by atoms with Crippen LogP contribution in [-0.2, 0) is 25.7 Å². The van der Waals surface area contributed by atoms with E-state index in [-0.39, 0.29) is 58.4 Å². The van der Waals surface area contributed by atoms with Crippen molar-refractivity contribution in [3.05, 3.63) is 47.5 Å². The molecule has 194 valence electrons. The van der Waals surface area contributed by atoms with E-state index >= 15 is 0 Å². The van der Waals surface area contributed by atoms with Gasteiger partial charge in [-0.05, 0) is 84.7 Å². The van der Waals surface area contributed by atoms with Crippen molar-refractivity contribution < 1.29 is 19.2 Å². The van der Waals surface area contributed by atoms with Gasteiger partial charge in [0.1, 0.15) is 5.78 Å². The van der Waals surface area contributed by atoms with Crippen molar-refractivity contribution in [3.63, 3.8) is 0 Å². The van der Waals surface area contributed by atoms with Crippen LogP contribution in [0.1, 0.15) is 70.8 Å². The van der Waals surface area contributed by atoms with E-state index in [9.17, 15) is 19.2 Å². The standard InChI is InChI=1S/C32H37NO4/c1-31-12-10-20(34)14-19(31)8-9-21-24(31)11-13-32(2)25(21)15-22-27-23(16-26(35)28(22)32)29(36)33(30(27)37)17-18-6-4-3-5-7-18/h3-7,14,21-25,27-28H,8-13,15-17H2,1-2H3/t21-,22?,23?,24+,25+,27?,28?,31+,32+/m1/s1. The van der Waals surface area contributed by atoms with Gasteiger partial charge in [-0.25, -0.2) is 0 Å². The number of benzene rings is 1. The number of ketones is 2. The molecule has 5 aliphatic carbocycles. The van der Waals surface area contributed by atoms with Gasteiger partial charge in [-0.15, -0.1) is 0 Å². The summed E-state index contributed by atoms with van der Waals surface area (Å²) in [6, 6.07) is 9.70. The molecule has 1 aliphatic heterocycles. The molecule has 0 N–H and O–H groups in total. The minimum absolute atomic E-state index is 0.0186. The van der Waals surface area contributed by atoms with Crippen LogP contribution in [0, 0.1) is 52.3 Å². The molecule has 0 aromatic heterocycles. The predicted octanol–water partition coefficient (Wildman–Crippen LogP) is 5.13. The fourth-order valence-corrected chi connectivity index (χ4v) is 10.4. The normalized spacial score (nSPS) is 44.5. The van der Waals surface area contributed by atoms with E-state index in [1.165, 1.54) is 10.5 Å². The van der Waals surface area contributed by atoms with E-state index in [2.05, 4.69) is 13.8 Å². The molecule has 4 saturated carbocycles. The molecule has 1 aromatic rings. The number of carbonyl (C=O) groups is 4. The van der Waals surface area contributed by atoms with Gasteiger partial charge in [-0.3, -0.25) is 24.1 Å². The second-order valence-corrected chi connectivity index (χ2v) is 13.4. The van der Waals surface area contributed by atoms with Gasteiger partial charge in [0.25, 0.3) is 0 Å². The summed E-state index contributed by atoms with van der Waals surface area (Å²) in [5, 5.41) is 0. The highest BCUT2D eigenvalue weighted by Crippen LogP contribution is 2.70. The Kier molecular flexibility index (Phi) is 5.07. The first-order valence-electron chi connectivity index (χ1n) is 14.4. The van der Waals surface area contributed by atoms with Crippen molar-refractivity contribution in [1.29, 1.82) is 0 Å². The highest BCUT2D eigenvalue weighted by molar-refractivity contribution is 6.08. The molecule has 6 aliphatic rings. The fraction of sp³-hybridized carbons (Fsp3) is 0.625. The van der Waals surface area contributed by atoms with Crippen molar-refractivity contribution in [1.82, 2.24) is 4.90 Å². The minimum Gasteiger partial charge on any atom is -0.299 e. The van der Waals surface area contributed by atoms with Crippen LogP contribution >= 0.6 is 0 Å². The number of hydrogen-bond donors (Lipinski definition) is 0. The minimum atomic E-state index is -0.479. The zero-order chi connectivity index (χ0) is 25.7. The average molecular weight is 500 g/mol. The molecule has 9 atom stereocenters. The van der Waals surface area contributed by atoms with Gasteiger partial charge in [0.05, 0.1) is 18.4 Å². The van der Waals surface area contributed by atoms with Crippen LogP contribution in [-0.4, -0.2) is 28.3 Å². The summed E-state index contributed by atoms with van der Waals surface area (Å²) < 4.78 is 0. The molecule has 0 spiro atoms. The van der Waals surface area contributed by atoms with Crippen molar-refractivity contribution >= 4 is 23.4 Å². The van der Waals surface area contributed by atoms with Gasteiger partial charge in [-0.1, -0.05) is 49.8 Å². The first kappa shape index (κ1) is 23.5. The maximum absolute atomic E-state index is 13.8. The Morgan fingerprint density at radius 1 is 0.892 bits per heavy atom. The number of nitrogens with zero attached hydrogens (tertiary/aromatic N) is 1. The molecule has 2 amide bonds. The number of fused-ring (bicyclic) bond motifs is 9. The smallest absolute Gasteiger partial charge is 0.233 e. The van der Waals surface area contributed by atoms with Crippen LogP contribution in [0.3, 0.4) is 0 Å². The van der Waals surface area contributed by atoms with Crippen LogP contribution in [0.15, 0.2) is 42.0 Å². The lowest BCUT2D eigenvalue weighted by atomic mass is 9.46. The number of Topliss-reactive ketones (excluding diaryl/α,β-unsaturated/α-hetero) is 1. The second-order valence-electron chi connectivity index (χ2n) is 13.4. The van der Waals surface area contributed by atoms with Gasteiger partial charge in [0.2, 0.25) is 11.8 Å². The zero-order valence-corrected chi connectivity index (χ0v) is 21.9. The van der Waals surface area contributed by atoms with Crippen LogP contribution in [0.4, 0.5) is 0 Å². The van der Waals surface area contributed by atoms with Crippen LogP contribution in [0.2, 0.25) is 0 Å². The Hall–Kier alpha value is -2.56. The highest BCUT2D eigenvalue weighted by Gasteiger charge is 2.68. The molecule has 4 unspecified atom stereocenters. The monoisotopic (exact) mass is 499 g/mol. The predicted molar refractivity (Wildman–Crippen MR) is 138 cm³/mol. The molecule has 5 fully saturated rings. The molecule has 37 heavy (non-hydrogen) atoms. The van der Waals surface area contributed by atoms with Gasteiger partial charge >= 0.3 is 0 Å². The lowest BCUT2D eigenvalue weighted by molar-refractivity contribution is -0.142. The highest BCUT2D eigenvalue weighted by atomic mass is 16.2. The van der Waals surface area contributed by atoms with Crippen LogP contribution < -0.4 is 0 Å². The molecule has 0 bridgehead atoms. The van der Waals surface area contributed by atoms with E-state index in [0.29, 0.717) is 30.7 Å². The molecule has 0 radical (unpaired) electrons. The largest absolute Gasteiger partial charge is 0.299 e. The topological polar surface area (TPSA) is 71.5 Å². The van der Waals surface area contributed by atoms with Crippen molar-refractivity contribution in [3.8, 4) is 0 Å². The van der Waals surface area contributed by atoms with Gasteiger partial charge in [-0.2, -0.15) is 0 Å². The summed E-state index contributed by atoms with van der Waals surface area (Å²) in [6.45, 7) is 5.01. The zero-order valence-electron chi connectivity index (χ0n) is 21.9. The second kappa shape index (κ2) is 7.97. The lowest BCUT2D eigenvalue weighted by Crippen LogP contribution is -2.52. The summed E-state index contributed by atoms with van der Waals surface area (Å²) >= 11 is 0. The number of carbonyl (C=O) groups excluding carboxylic acids is 4. The quantitative estimate of drug-likeness (QED) is 0.529. The number of likely N-dealkylation sites (tertiary alicyclic amines) is 1. The third kappa shape index (κ3) is 3.15. The molecular formula is C32H37NO4. The van der Waals surface area contributed by atoms with Crippen LogP contribution in [0.5, 0.6) is 0 Å². The third-order valence-corrected chi connectivity index (χ3v) is 12.0. The molecule has 1 heterocycles. The van der Waals surface area contributed by atoms with Crippen molar-refractivity contribution in [2.75, 3.05) is 0 Å². The van der Waals surface area contributed by atoms with Gasteiger partial charge in [0, 0.05) is 18.8 Å². The molecular weight excluding hydrogens is 462 g/mol. The first-order valence-corrected chi connectivity index (χ1v) is 14.4. The van der Waals surface area contributed by atoms with E-state index < -0.39 is 5.92 Å². The summed E-state index contributed by atoms with van der Waals surface area (Å²) in [7, 11) is 0. The lowest BCUT2D eigenvalue weighted by Gasteiger charge is -2.58. The molecule has 5 nitrogen and oxygen atoms in total. The van der Waals surface area contributed by atoms with Crippen molar-refractivity contribution in [2.45, 2.75) is 71.8 Å². The summed E-state index contributed by atoms with van der Waals surface area (Å²) in [5.41, 5.74) is 2.30. The Morgan fingerprint density at radius 3 is 2.46 bits per heavy atom. The third-order valence-electron chi connectivity index (χ3n) is 12.0. The summed E-state index contributed by atoms with van der Waals surface area (Å²) in [5.74, 6) is 0.838. The molecule has 7 rings (SSSR count). The molecule has 1 aromatic carbocycles. The van der Waals surface area contributed by atoms with E-state index in [1.54, 1.807) is 0 Å². The van der Waals surface area contributed by atoms with Gasteiger partial charge in [0.15, 0.2) is 5.78 Å². The number of allylic oxidation sites excluding steroid dienone is 1. The SMILES string of the molecule is C[C@]12CCC(=O)C=C1CC[C@@H]1[C@@H]2CC[C@]2(C)C3C(=O)CC4C(=O)N(Cc5ccccc5)C(=O)C4C3C[C@@H]12. The summed E-state index contributed by atoms with van der Waals surface area (Å²) in [4.78, 5) is 54.7. The van der Waals surface area contributed by atoms with Crippen LogP contribution in [0.25, 0.3) is 0 Å². The maximum Gasteiger partial charge on any atom is 0.233 e. The average Bonchev–Trinajstić information content (AvgIpc) is 3.32. The number of hydrogen-bond acceptors (Lipinski definition) is 4. The van der Waals surface area contributed by atoms with E-state index in [4.69, 9.17) is 0 Å². The van der Waals surface area contributed by atoms with Gasteiger partial charge < -0.3 is 0 Å². The number of imide groups is 1. The Labute approximate surface area is 219 Å². The molecule has 5 heteroatoms. The maximum atomic E-state index is 13.8.